The van der Waals surface area contributed by atoms with Gasteiger partial charge in [0.05, 0.1) is 0 Å². The molecule has 1 fully saturated rings. The van der Waals surface area contributed by atoms with Crippen molar-refractivity contribution in [1.29, 1.82) is 0 Å². The van der Waals surface area contributed by atoms with Crippen LogP contribution in [0.2, 0.25) is 5.02 Å². The van der Waals surface area contributed by atoms with Crippen LogP contribution in [0, 0.1) is 0 Å². The van der Waals surface area contributed by atoms with Crippen molar-refractivity contribution in [2.24, 2.45) is 0 Å². The number of nitrogens with zero attached hydrogens (tertiary/aromatic N) is 1. The molecule has 1 aliphatic rings. The number of hydrogen-bond donors (Lipinski definition) is 1. The molecule has 0 aromatic heterocycles. The standard InChI is InChI=1S/C14H17ClF3NO/c1-10(11-4-2-3-5-12(11)15)19-8-6-13(20,7-9-19)14(16,17)18/h2-5,10,20H,6-9H2,1H3. The number of halogens is 4. The normalized spacial score (nSPS) is 21.7. The summed E-state index contributed by atoms with van der Waals surface area (Å²) in [7, 11) is 0. The highest BCUT2D eigenvalue weighted by molar-refractivity contribution is 6.31. The molecule has 0 aliphatic carbocycles. The van der Waals surface area contributed by atoms with Gasteiger partial charge in [-0.25, -0.2) is 0 Å². The molecule has 1 unspecified atom stereocenters. The summed E-state index contributed by atoms with van der Waals surface area (Å²) in [4.78, 5) is 1.92. The van der Waals surface area contributed by atoms with Gasteiger partial charge in [0.25, 0.3) is 0 Å². The van der Waals surface area contributed by atoms with Gasteiger partial charge in [-0.3, -0.25) is 4.90 Å². The highest BCUT2D eigenvalue weighted by atomic mass is 35.5. The molecule has 2 nitrogen and oxygen atoms in total. The molecule has 1 aromatic carbocycles. The molecule has 6 heteroatoms. The maximum Gasteiger partial charge on any atom is 0.417 e. The molecule has 0 saturated carbocycles. The first-order valence-electron chi connectivity index (χ1n) is 6.52. The highest BCUT2D eigenvalue weighted by Gasteiger charge is 2.54. The Hall–Kier alpha value is -0.780. The minimum Gasteiger partial charge on any atom is -0.380 e. The Morgan fingerprint density at radius 2 is 1.80 bits per heavy atom. The van der Waals surface area contributed by atoms with Gasteiger partial charge in [-0.1, -0.05) is 29.8 Å². The Kier molecular flexibility index (Phi) is 4.33. The molecular formula is C14H17ClF3NO. The van der Waals surface area contributed by atoms with Crippen molar-refractivity contribution in [3.63, 3.8) is 0 Å². The van der Waals surface area contributed by atoms with E-state index in [1.807, 2.05) is 30.0 Å². The lowest BCUT2D eigenvalue weighted by Crippen LogP contribution is -2.53. The van der Waals surface area contributed by atoms with Crippen molar-refractivity contribution >= 4 is 11.6 Å². The Balaban J connectivity index is 2.06. The zero-order valence-electron chi connectivity index (χ0n) is 11.1. The monoisotopic (exact) mass is 307 g/mol. The van der Waals surface area contributed by atoms with E-state index in [1.54, 1.807) is 6.07 Å². The quantitative estimate of drug-likeness (QED) is 0.898. The highest BCUT2D eigenvalue weighted by Crippen LogP contribution is 2.40. The molecule has 0 amide bonds. The first-order valence-corrected chi connectivity index (χ1v) is 6.90. The molecule has 20 heavy (non-hydrogen) atoms. The van der Waals surface area contributed by atoms with E-state index in [-0.39, 0.29) is 32.0 Å². The van der Waals surface area contributed by atoms with Gasteiger partial charge in [0.15, 0.2) is 5.60 Å². The zero-order chi connectivity index (χ0) is 15.0. The number of benzene rings is 1. The average molecular weight is 308 g/mol. The van der Waals surface area contributed by atoms with Crippen LogP contribution in [0.15, 0.2) is 24.3 Å². The molecule has 0 spiro atoms. The van der Waals surface area contributed by atoms with Gasteiger partial charge >= 0.3 is 6.18 Å². The van der Waals surface area contributed by atoms with Gasteiger partial charge in [0.2, 0.25) is 0 Å². The summed E-state index contributed by atoms with van der Waals surface area (Å²) in [5, 5.41) is 10.3. The van der Waals surface area contributed by atoms with Crippen molar-refractivity contribution in [3.05, 3.63) is 34.9 Å². The number of piperidine rings is 1. The second-order valence-electron chi connectivity index (χ2n) is 5.26. The molecule has 0 radical (unpaired) electrons. The fraction of sp³-hybridized carbons (Fsp3) is 0.571. The largest absolute Gasteiger partial charge is 0.417 e. The van der Waals surface area contributed by atoms with Crippen molar-refractivity contribution in [1.82, 2.24) is 4.90 Å². The SMILES string of the molecule is CC(c1ccccc1Cl)N1CCC(O)(C(F)(F)F)CC1. The molecular weight excluding hydrogens is 291 g/mol. The third-order valence-corrected chi connectivity index (χ3v) is 4.40. The van der Waals surface area contributed by atoms with Gasteiger partial charge in [-0.05, 0) is 31.4 Å². The summed E-state index contributed by atoms with van der Waals surface area (Å²) in [6.45, 7) is 2.31. The second-order valence-corrected chi connectivity index (χ2v) is 5.67. The van der Waals surface area contributed by atoms with Gasteiger partial charge in [-0.15, -0.1) is 0 Å². The Labute approximate surface area is 121 Å². The Morgan fingerprint density at radius 3 is 2.30 bits per heavy atom. The number of rotatable bonds is 2. The van der Waals surface area contributed by atoms with Gasteiger partial charge < -0.3 is 5.11 Å². The lowest BCUT2D eigenvalue weighted by molar-refractivity contribution is -0.273. The van der Waals surface area contributed by atoms with E-state index in [4.69, 9.17) is 11.6 Å². The van der Waals surface area contributed by atoms with Crippen LogP contribution in [0.4, 0.5) is 13.2 Å². The Bertz CT molecular complexity index is 470. The zero-order valence-corrected chi connectivity index (χ0v) is 11.9. The maximum absolute atomic E-state index is 12.8. The summed E-state index contributed by atoms with van der Waals surface area (Å²) in [5.41, 5.74) is -1.66. The predicted molar refractivity (Wildman–Crippen MR) is 71.7 cm³/mol. The van der Waals surface area contributed by atoms with Crippen molar-refractivity contribution in [2.75, 3.05) is 13.1 Å². The van der Waals surface area contributed by atoms with Crippen LogP contribution in [-0.4, -0.2) is 34.9 Å². The van der Waals surface area contributed by atoms with E-state index in [0.29, 0.717) is 5.02 Å². The van der Waals surface area contributed by atoms with Crippen LogP contribution in [0.3, 0.4) is 0 Å². The van der Waals surface area contributed by atoms with E-state index in [2.05, 4.69) is 0 Å². The van der Waals surface area contributed by atoms with Crippen molar-refractivity contribution in [3.8, 4) is 0 Å². The third-order valence-electron chi connectivity index (χ3n) is 4.06. The van der Waals surface area contributed by atoms with E-state index in [0.717, 1.165) is 5.56 Å². The molecule has 1 heterocycles. The summed E-state index contributed by atoms with van der Waals surface area (Å²) in [5.74, 6) is 0. The average Bonchev–Trinajstić information content (AvgIpc) is 2.38. The molecule has 1 aromatic rings. The van der Waals surface area contributed by atoms with Crippen molar-refractivity contribution in [2.45, 2.75) is 37.6 Å². The minimum atomic E-state index is -4.56. The summed E-state index contributed by atoms with van der Waals surface area (Å²) < 4.78 is 38.3. The van der Waals surface area contributed by atoms with Gasteiger partial charge in [0.1, 0.15) is 0 Å². The van der Waals surface area contributed by atoms with Crippen LogP contribution in [-0.2, 0) is 0 Å². The topological polar surface area (TPSA) is 23.5 Å². The fourth-order valence-electron chi connectivity index (χ4n) is 2.58. The lowest BCUT2D eigenvalue weighted by atomic mass is 9.89. The van der Waals surface area contributed by atoms with E-state index in [9.17, 15) is 18.3 Å². The first-order chi connectivity index (χ1) is 9.24. The molecule has 2 rings (SSSR count). The third kappa shape index (κ3) is 2.95. The smallest absolute Gasteiger partial charge is 0.380 e. The molecule has 112 valence electrons. The molecule has 1 aliphatic heterocycles. The molecule has 1 atom stereocenters. The summed E-state index contributed by atoms with van der Waals surface area (Å²) in [6.07, 6.45) is -5.16. The molecule has 1 saturated heterocycles. The summed E-state index contributed by atoms with van der Waals surface area (Å²) in [6, 6.07) is 7.24. The lowest BCUT2D eigenvalue weighted by Gasteiger charge is -2.41. The Morgan fingerprint density at radius 1 is 1.25 bits per heavy atom. The number of alkyl halides is 3. The van der Waals surface area contributed by atoms with Crippen LogP contribution < -0.4 is 0 Å². The van der Waals surface area contributed by atoms with E-state index >= 15 is 0 Å². The second kappa shape index (κ2) is 5.54. The maximum atomic E-state index is 12.8. The number of hydrogen-bond acceptors (Lipinski definition) is 2. The predicted octanol–water partition coefficient (Wildman–Crippen LogP) is 3.79. The van der Waals surface area contributed by atoms with Gasteiger partial charge in [-0.2, -0.15) is 13.2 Å². The molecule has 0 bridgehead atoms. The number of likely N-dealkylation sites (tertiary alicyclic amines) is 1. The minimum absolute atomic E-state index is 0.0681. The summed E-state index contributed by atoms with van der Waals surface area (Å²) >= 11 is 6.11. The van der Waals surface area contributed by atoms with Crippen LogP contribution >= 0.6 is 11.6 Å². The van der Waals surface area contributed by atoms with Gasteiger partial charge in [0, 0.05) is 24.2 Å². The van der Waals surface area contributed by atoms with E-state index < -0.39 is 11.8 Å². The number of aliphatic hydroxyl groups is 1. The molecule has 1 N–H and O–H groups in total. The van der Waals surface area contributed by atoms with Crippen LogP contribution in [0.1, 0.15) is 31.4 Å². The first kappa shape index (κ1) is 15.6. The fourth-order valence-corrected chi connectivity index (χ4v) is 2.87. The van der Waals surface area contributed by atoms with Crippen LogP contribution in [0.25, 0.3) is 0 Å². The van der Waals surface area contributed by atoms with Crippen molar-refractivity contribution < 1.29 is 18.3 Å². The van der Waals surface area contributed by atoms with Crippen LogP contribution in [0.5, 0.6) is 0 Å². The van der Waals surface area contributed by atoms with E-state index in [1.165, 1.54) is 0 Å².